The van der Waals surface area contributed by atoms with Crippen molar-refractivity contribution in [2.75, 3.05) is 6.54 Å². The molecule has 1 N–H and O–H groups in total. The standard InChI is InChI=1S/C9H11NO3/c1-7(6-10(12)13)8-2-4-9(11)5-3-8/h2-5,7,11H,6H2,1H3. The van der Waals surface area contributed by atoms with Crippen LogP contribution in [0.5, 0.6) is 5.75 Å². The summed E-state index contributed by atoms with van der Waals surface area (Å²) in [5.74, 6) is 0.0626. The molecule has 4 nitrogen and oxygen atoms in total. The number of phenols is 1. The van der Waals surface area contributed by atoms with E-state index >= 15 is 0 Å². The van der Waals surface area contributed by atoms with Crippen LogP contribution in [0.4, 0.5) is 0 Å². The topological polar surface area (TPSA) is 63.4 Å². The van der Waals surface area contributed by atoms with E-state index in [0.29, 0.717) is 0 Å². The molecular weight excluding hydrogens is 170 g/mol. The van der Waals surface area contributed by atoms with Crippen molar-refractivity contribution in [2.24, 2.45) is 0 Å². The van der Waals surface area contributed by atoms with E-state index in [1.54, 1.807) is 19.1 Å². The second-order valence-corrected chi connectivity index (χ2v) is 3.01. The zero-order chi connectivity index (χ0) is 9.84. The first-order chi connectivity index (χ1) is 6.09. The molecule has 1 aromatic carbocycles. The molecule has 0 aromatic heterocycles. The molecule has 0 aliphatic heterocycles. The largest absolute Gasteiger partial charge is 0.508 e. The Kier molecular flexibility index (Phi) is 2.84. The molecule has 0 saturated heterocycles. The molecule has 70 valence electrons. The number of hydrogen-bond donors (Lipinski definition) is 1. The van der Waals surface area contributed by atoms with Gasteiger partial charge in [0.2, 0.25) is 6.54 Å². The van der Waals surface area contributed by atoms with Crippen LogP contribution in [0.15, 0.2) is 24.3 Å². The molecule has 0 spiro atoms. The zero-order valence-corrected chi connectivity index (χ0v) is 7.30. The molecule has 1 unspecified atom stereocenters. The van der Waals surface area contributed by atoms with Gasteiger partial charge in [0.05, 0.1) is 0 Å². The summed E-state index contributed by atoms with van der Waals surface area (Å²) >= 11 is 0. The van der Waals surface area contributed by atoms with Crippen molar-refractivity contribution in [1.82, 2.24) is 0 Å². The van der Waals surface area contributed by atoms with Crippen LogP contribution in [0.2, 0.25) is 0 Å². The maximum absolute atomic E-state index is 10.2. The summed E-state index contributed by atoms with van der Waals surface area (Å²) in [5.41, 5.74) is 0.870. The van der Waals surface area contributed by atoms with Crippen LogP contribution in [0, 0.1) is 10.1 Å². The van der Waals surface area contributed by atoms with Gasteiger partial charge in [-0.15, -0.1) is 0 Å². The Balaban J connectivity index is 2.71. The highest BCUT2D eigenvalue weighted by Crippen LogP contribution is 2.18. The van der Waals surface area contributed by atoms with Crippen LogP contribution >= 0.6 is 0 Å². The van der Waals surface area contributed by atoms with Gasteiger partial charge in [0.25, 0.3) is 0 Å². The van der Waals surface area contributed by atoms with Crippen molar-refractivity contribution in [2.45, 2.75) is 12.8 Å². The Morgan fingerprint density at radius 2 is 2.00 bits per heavy atom. The van der Waals surface area contributed by atoms with Crippen molar-refractivity contribution in [3.05, 3.63) is 39.9 Å². The second kappa shape index (κ2) is 3.89. The van der Waals surface area contributed by atoms with Crippen LogP contribution in [0.25, 0.3) is 0 Å². The molecule has 0 heterocycles. The predicted molar refractivity (Wildman–Crippen MR) is 48.4 cm³/mol. The van der Waals surface area contributed by atoms with Crippen LogP contribution in [-0.4, -0.2) is 16.6 Å². The van der Waals surface area contributed by atoms with E-state index in [9.17, 15) is 10.1 Å². The van der Waals surface area contributed by atoms with Gasteiger partial charge in [-0.05, 0) is 17.7 Å². The van der Waals surface area contributed by atoms with Crippen molar-refractivity contribution in [1.29, 1.82) is 0 Å². The number of rotatable bonds is 3. The maximum atomic E-state index is 10.2. The van der Waals surface area contributed by atoms with Gasteiger partial charge in [-0.1, -0.05) is 19.1 Å². The number of aromatic hydroxyl groups is 1. The first kappa shape index (κ1) is 9.51. The molecule has 0 fully saturated rings. The Hall–Kier alpha value is -1.58. The van der Waals surface area contributed by atoms with Gasteiger partial charge in [0, 0.05) is 10.8 Å². The Morgan fingerprint density at radius 3 is 2.46 bits per heavy atom. The minimum absolute atomic E-state index is 0.0786. The summed E-state index contributed by atoms with van der Waals surface area (Å²) < 4.78 is 0. The molecule has 0 saturated carbocycles. The van der Waals surface area contributed by atoms with E-state index in [0.717, 1.165) is 5.56 Å². The first-order valence-electron chi connectivity index (χ1n) is 4.00. The number of nitrogens with zero attached hydrogens (tertiary/aromatic N) is 1. The number of benzene rings is 1. The normalized spacial score (nSPS) is 12.4. The fourth-order valence-corrected chi connectivity index (χ4v) is 1.13. The summed E-state index contributed by atoms with van der Waals surface area (Å²) in [6.07, 6.45) is 0. The Labute approximate surface area is 76.0 Å². The van der Waals surface area contributed by atoms with Gasteiger partial charge >= 0.3 is 0 Å². The predicted octanol–water partition coefficient (Wildman–Crippen LogP) is 1.77. The zero-order valence-electron chi connectivity index (χ0n) is 7.30. The average Bonchev–Trinajstić information content (AvgIpc) is 2.04. The third kappa shape index (κ3) is 2.74. The van der Waals surface area contributed by atoms with Gasteiger partial charge in [0.15, 0.2) is 0 Å². The highest BCUT2D eigenvalue weighted by atomic mass is 16.6. The third-order valence-corrected chi connectivity index (χ3v) is 1.89. The summed E-state index contributed by atoms with van der Waals surface area (Å²) in [6.45, 7) is 1.71. The quantitative estimate of drug-likeness (QED) is 0.571. The summed E-state index contributed by atoms with van der Waals surface area (Å²) in [6, 6.07) is 6.46. The van der Waals surface area contributed by atoms with Crippen LogP contribution < -0.4 is 0 Å². The lowest BCUT2D eigenvalue weighted by atomic mass is 10.0. The maximum Gasteiger partial charge on any atom is 0.210 e. The van der Waals surface area contributed by atoms with E-state index in [4.69, 9.17) is 5.11 Å². The lowest BCUT2D eigenvalue weighted by Gasteiger charge is -2.06. The summed E-state index contributed by atoms with van der Waals surface area (Å²) in [4.78, 5) is 9.87. The highest BCUT2D eigenvalue weighted by Gasteiger charge is 2.11. The lowest BCUT2D eigenvalue weighted by molar-refractivity contribution is -0.482. The van der Waals surface area contributed by atoms with Crippen molar-refractivity contribution in [3.8, 4) is 5.75 Å². The van der Waals surface area contributed by atoms with Crippen LogP contribution in [-0.2, 0) is 0 Å². The van der Waals surface area contributed by atoms with Crippen LogP contribution in [0.3, 0.4) is 0 Å². The molecule has 1 aromatic rings. The van der Waals surface area contributed by atoms with Gasteiger partial charge in [-0.2, -0.15) is 0 Å². The van der Waals surface area contributed by atoms with Crippen molar-refractivity contribution < 1.29 is 10.0 Å². The van der Waals surface area contributed by atoms with Gasteiger partial charge in [0.1, 0.15) is 5.75 Å². The van der Waals surface area contributed by atoms with Crippen molar-refractivity contribution >= 4 is 0 Å². The van der Waals surface area contributed by atoms with E-state index < -0.39 is 0 Å². The minimum atomic E-state index is -0.336. The smallest absolute Gasteiger partial charge is 0.210 e. The third-order valence-electron chi connectivity index (χ3n) is 1.89. The summed E-state index contributed by atoms with van der Waals surface area (Å²) in [7, 11) is 0. The van der Waals surface area contributed by atoms with E-state index in [2.05, 4.69) is 0 Å². The second-order valence-electron chi connectivity index (χ2n) is 3.01. The monoisotopic (exact) mass is 181 g/mol. The molecule has 0 bridgehead atoms. The lowest BCUT2D eigenvalue weighted by Crippen LogP contribution is -2.08. The number of nitro groups is 1. The SMILES string of the molecule is CC(C[N+](=O)[O-])c1ccc(O)cc1. The average molecular weight is 181 g/mol. The Bertz CT molecular complexity index is 294. The Morgan fingerprint density at radius 1 is 1.46 bits per heavy atom. The molecule has 0 aliphatic rings. The fourth-order valence-electron chi connectivity index (χ4n) is 1.13. The molecule has 1 atom stereocenters. The molecule has 4 heteroatoms. The van der Waals surface area contributed by atoms with E-state index in [1.165, 1.54) is 12.1 Å². The molecular formula is C9H11NO3. The van der Waals surface area contributed by atoms with E-state index in [-0.39, 0.29) is 23.1 Å². The highest BCUT2D eigenvalue weighted by molar-refractivity contribution is 5.27. The molecule has 1 rings (SSSR count). The first-order valence-corrected chi connectivity index (χ1v) is 4.00. The van der Waals surface area contributed by atoms with Crippen LogP contribution in [0.1, 0.15) is 18.4 Å². The summed E-state index contributed by atoms with van der Waals surface area (Å²) in [5, 5.41) is 19.2. The van der Waals surface area contributed by atoms with Crippen molar-refractivity contribution in [3.63, 3.8) is 0 Å². The van der Waals surface area contributed by atoms with Gasteiger partial charge in [-0.25, -0.2) is 0 Å². The molecule has 0 radical (unpaired) electrons. The van der Waals surface area contributed by atoms with Gasteiger partial charge < -0.3 is 5.11 Å². The fraction of sp³-hybridized carbons (Fsp3) is 0.333. The minimum Gasteiger partial charge on any atom is -0.508 e. The van der Waals surface area contributed by atoms with Gasteiger partial charge in [-0.3, -0.25) is 10.1 Å². The molecule has 0 aliphatic carbocycles. The molecule has 0 amide bonds. The van der Waals surface area contributed by atoms with E-state index in [1.807, 2.05) is 0 Å². The number of phenolic OH excluding ortho intramolecular Hbond substituents is 1. The number of hydrogen-bond acceptors (Lipinski definition) is 3. The molecule has 13 heavy (non-hydrogen) atoms.